The number of nitrogens with two attached hydrogens (primary N) is 1. The molecule has 0 saturated heterocycles. The molecule has 0 radical (unpaired) electrons. The Kier molecular flexibility index (Phi) is 3.88. The third kappa shape index (κ3) is 3.01. The Bertz CT molecular complexity index is 345. The third-order valence-corrected chi connectivity index (χ3v) is 4.03. The van der Waals surface area contributed by atoms with Gasteiger partial charge in [-0.15, -0.1) is 0 Å². The average Bonchev–Trinajstić information content (AvgIpc) is 2.66. The van der Waals surface area contributed by atoms with Crippen molar-refractivity contribution in [1.29, 1.82) is 0 Å². The topological polar surface area (TPSA) is 63.8 Å². The second-order valence-electron chi connectivity index (χ2n) is 4.04. The lowest BCUT2D eigenvalue weighted by molar-refractivity contribution is 0.746. The van der Waals surface area contributed by atoms with Crippen molar-refractivity contribution in [3.05, 3.63) is 12.3 Å². The van der Waals surface area contributed by atoms with Crippen LogP contribution < -0.4 is 11.1 Å². The van der Waals surface area contributed by atoms with E-state index in [1.54, 1.807) is 12.3 Å². The molecule has 0 spiro atoms. The molecule has 2 rings (SSSR count). The van der Waals surface area contributed by atoms with Crippen LogP contribution >= 0.6 is 11.8 Å². The molecule has 1 aromatic heterocycles. The normalized spacial score (nSPS) is 24.6. The van der Waals surface area contributed by atoms with Crippen molar-refractivity contribution >= 4 is 23.5 Å². The van der Waals surface area contributed by atoms with Gasteiger partial charge in [-0.05, 0) is 31.1 Å². The summed E-state index contributed by atoms with van der Waals surface area (Å²) < 4.78 is 0. The first-order valence-corrected chi connectivity index (χ1v) is 6.79. The standard InChI is InChI=1S/C11H18N4S/c1-2-16-9-4-3-8(7-9)14-11-13-6-5-10(12)15-11/h5-6,8-9H,2-4,7H2,1H3,(H3,12,13,14,15). The molecule has 1 fully saturated rings. The van der Waals surface area contributed by atoms with E-state index in [9.17, 15) is 0 Å². The van der Waals surface area contributed by atoms with Crippen molar-refractivity contribution in [2.75, 3.05) is 16.8 Å². The van der Waals surface area contributed by atoms with Crippen LogP contribution in [0.3, 0.4) is 0 Å². The van der Waals surface area contributed by atoms with Crippen LogP contribution in [0.25, 0.3) is 0 Å². The summed E-state index contributed by atoms with van der Waals surface area (Å²) in [6.07, 6.45) is 5.39. The van der Waals surface area contributed by atoms with E-state index in [1.165, 1.54) is 25.0 Å². The Morgan fingerprint density at radius 3 is 3.19 bits per heavy atom. The smallest absolute Gasteiger partial charge is 0.224 e. The zero-order chi connectivity index (χ0) is 11.4. The first kappa shape index (κ1) is 11.5. The molecular weight excluding hydrogens is 220 g/mol. The number of rotatable bonds is 4. The molecule has 0 aliphatic heterocycles. The van der Waals surface area contributed by atoms with Gasteiger partial charge in [0, 0.05) is 17.5 Å². The maximum absolute atomic E-state index is 5.61. The molecule has 5 heteroatoms. The molecule has 1 aliphatic rings. The first-order valence-electron chi connectivity index (χ1n) is 5.74. The molecule has 2 unspecified atom stereocenters. The molecule has 2 atom stereocenters. The van der Waals surface area contributed by atoms with E-state index in [0.717, 1.165) is 5.25 Å². The van der Waals surface area contributed by atoms with E-state index in [1.807, 2.05) is 0 Å². The molecule has 0 aromatic carbocycles. The lowest BCUT2D eigenvalue weighted by Gasteiger charge is -2.12. The Morgan fingerprint density at radius 2 is 2.44 bits per heavy atom. The molecule has 0 bridgehead atoms. The Labute approximate surface area is 100 Å². The second kappa shape index (κ2) is 5.39. The number of nitrogens with zero attached hydrogens (tertiary/aromatic N) is 2. The summed E-state index contributed by atoms with van der Waals surface area (Å²) in [5.41, 5.74) is 5.61. The number of hydrogen-bond acceptors (Lipinski definition) is 5. The van der Waals surface area contributed by atoms with Crippen LogP contribution in [-0.2, 0) is 0 Å². The van der Waals surface area contributed by atoms with Gasteiger partial charge in [0.15, 0.2) is 0 Å². The van der Waals surface area contributed by atoms with Crippen LogP contribution in [0.2, 0.25) is 0 Å². The molecule has 88 valence electrons. The predicted molar refractivity (Wildman–Crippen MR) is 69.6 cm³/mol. The van der Waals surface area contributed by atoms with Gasteiger partial charge in [-0.2, -0.15) is 16.7 Å². The molecule has 1 aliphatic carbocycles. The van der Waals surface area contributed by atoms with Crippen LogP contribution in [-0.4, -0.2) is 27.0 Å². The van der Waals surface area contributed by atoms with E-state index in [2.05, 4.69) is 34.0 Å². The molecule has 1 saturated carbocycles. The Balaban J connectivity index is 1.87. The van der Waals surface area contributed by atoms with Gasteiger partial charge < -0.3 is 11.1 Å². The van der Waals surface area contributed by atoms with E-state index in [-0.39, 0.29) is 0 Å². The van der Waals surface area contributed by atoms with Gasteiger partial charge >= 0.3 is 0 Å². The van der Waals surface area contributed by atoms with Crippen molar-refractivity contribution in [3.8, 4) is 0 Å². The van der Waals surface area contributed by atoms with Crippen molar-refractivity contribution in [1.82, 2.24) is 9.97 Å². The highest BCUT2D eigenvalue weighted by atomic mass is 32.2. The SMILES string of the molecule is CCSC1CCC(Nc2nccc(N)n2)C1. The summed E-state index contributed by atoms with van der Waals surface area (Å²) >= 11 is 2.05. The number of thioether (sulfide) groups is 1. The maximum Gasteiger partial charge on any atom is 0.224 e. The molecule has 0 amide bonds. The minimum Gasteiger partial charge on any atom is -0.384 e. The zero-order valence-electron chi connectivity index (χ0n) is 9.52. The van der Waals surface area contributed by atoms with E-state index in [0.29, 0.717) is 17.8 Å². The number of nitrogen functional groups attached to an aromatic ring is 1. The van der Waals surface area contributed by atoms with Gasteiger partial charge in [0.2, 0.25) is 5.95 Å². The highest BCUT2D eigenvalue weighted by molar-refractivity contribution is 7.99. The third-order valence-electron chi connectivity index (χ3n) is 2.80. The van der Waals surface area contributed by atoms with Crippen LogP contribution in [0.5, 0.6) is 0 Å². The summed E-state index contributed by atoms with van der Waals surface area (Å²) in [7, 11) is 0. The number of hydrogen-bond donors (Lipinski definition) is 2. The fraction of sp³-hybridized carbons (Fsp3) is 0.636. The van der Waals surface area contributed by atoms with Crippen LogP contribution in [0.4, 0.5) is 11.8 Å². The van der Waals surface area contributed by atoms with Crippen LogP contribution in [0.1, 0.15) is 26.2 Å². The summed E-state index contributed by atoms with van der Waals surface area (Å²) in [6.45, 7) is 2.21. The molecule has 4 nitrogen and oxygen atoms in total. The van der Waals surface area contributed by atoms with Crippen molar-refractivity contribution in [3.63, 3.8) is 0 Å². The number of aromatic nitrogens is 2. The minimum absolute atomic E-state index is 0.505. The van der Waals surface area contributed by atoms with Gasteiger partial charge in [0.25, 0.3) is 0 Å². The lowest BCUT2D eigenvalue weighted by Crippen LogP contribution is -2.18. The lowest BCUT2D eigenvalue weighted by atomic mass is 10.2. The predicted octanol–water partition coefficient (Wildman–Crippen LogP) is 2.14. The summed E-state index contributed by atoms with van der Waals surface area (Å²) in [6, 6.07) is 2.21. The Hall–Kier alpha value is -0.970. The van der Waals surface area contributed by atoms with Gasteiger partial charge in [0.1, 0.15) is 5.82 Å². The van der Waals surface area contributed by atoms with Crippen molar-refractivity contribution in [2.45, 2.75) is 37.5 Å². The highest BCUT2D eigenvalue weighted by Gasteiger charge is 2.24. The quantitative estimate of drug-likeness (QED) is 0.841. The molecule has 1 heterocycles. The van der Waals surface area contributed by atoms with Gasteiger partial charge in [0.05, 0.1) is 0 Å². The van der Waals surface area contributed by atoms with Gasteiger partial charge in [-0.3, -0.25) is 0 Å². The van der Waals surface area contributed by atoms with Gasteiger partial charge in [-0.25, -0.2) is 4.98 Å². The number of anilines is 2. The van der Waals surface area contributed by atoms with E-state index < -0.39 is 0 Å². The summed E-state index contributed by atoms with van der Waals surface area (Å²) in [5, 5.41) is 4.15. The highest BCUT2D eigenvalue weighted by Crippen LogP contribution is 2.30. The molecule has 1 aromatic rings. The van der Waals surface area contributed by atoms with Crippen LogP contribution in [0, 0.1) is 0 Å². The molecular formula is C11H18N4S. The fourth-order valence-corrected chi connectivity index (χ4v) is 3.23. The van der Waals surface area contributed by atoms with Crippen LogP contribution in [0.15, 0.2) is 12.3 Å². The van der Waals surface area contributed by atoms with E-state index >= 15 is 0 Å². The summed E-state index contributed by atoms with van der Waals surface area (Å²) in [4.78, 5) is 8.32. The fourth-order valence-electron chi connectivity index (χ4n) is 2.08. The van der Waals surface area contributed by atoms with E-state index in [4.69, 9.17) is 5.73 Å². The summed E-state index contributed by atoms with van der Waals surface area (Å²) in [5.74, 6) is 2.38. The largest absolute Gasteiger partial charge is 0.384 e. The molecule has 3 N–H and O–H groups in total. The van der Waals surface area contributed by atoms with Crippen molar-refractivity contribution in [2.24, 2.45) is 0 Å². The maximum atomic E-state index is 5.61. The minimum atomic E-state index is 0.505. The Morgan fingerprint density at radius 1 is 1.56 bits per heavy atom. The average molecular weight is 238 g/mol. The van der Waals surface area contributed by atoms with Crippen molar-refractivity contribution < 1.29 is 0 Å². The zero-order valence-corrected chi connectivity index (χ0v) is 10.3. The first-order chi connectivity index (χ1) is 7.78. The second-order valence-corrected chi connectivity index (χ2v) is 5.61. The molecule has 16 heavy (non-hydrogen) atoms. The van der Waals surface area contributed by atoms with Gasteiger partial charge in [-0.1, -0.05) is 6.92 Å². The monoisotopic (exact) mass is 238 g/mol. The number of nitrogens with one attached hydrogen (secondary N) is 1.